The number of benzene rings is 4. The predicted octanol–water partition coefficient (Wildman–Crippen LogP) is 19.0. The zero-order valence-corrected chi connectivity index (χ0v) is 47.7. The van der Waals surface area contributed by atoms with Gasteiger partial charge in [0, 0.05) is 0 Å². The molecule has 0 aliphatic heterocycles. The van der Waals surface area contributed by atoms with Crippen LogP contribution in [0, 0.1) is 57.7 Å². The van der Waals surface area contributed by atoms with Crippen LogP contribution in [-0.4, -0.2) is 0 Å². The second-order valence-corrected chi connectivity index (χ2v) is 25.2. The number of hydrogen-bond donors (Lipinski definition) is 0. The number of fused-ring (bicyclic) bond motifs is 8. The van der Waals surface area contributed by atoms with Gasteiger partial charge in [-0.2, -0.15) is 21.0 Å². The highest BCUT2D eigenvalue weighted by atomic mass is 14.3. The number of rotatable bonds is 1. The van der Waals surface area contributed by atoms with Gasteiger partial charge in [-0.1, -0.05) is 158 Å². The van der Waals surface area contributed by atoms with Crippen LogP contribution in [0.2, 0.25) is 0 Å². The predicted molar refractivity (Wildman–Crippen MR) is 313 cm³/mol. The van der Waals surface area contributed by atoms with Crippen molar-refractivity contribution in [1.82, 2.24) is 0 Å². The van der Waals surface area contributed by atoms with Crippen LogP contribution in [0.3, 0.4) is 0 Å². The molecule has 0 atom stereocenters. The smallest absolute Gasteiger partial charge is 0.100 e. The monoisotopic (exact) mass is 963 g/mol. The molecular weight excluding hydrogens is 885 g/mol. The lowest BCUT2D eigenvalue weighted by atomic mass is 9.81. The third kappa shape index (κ3) is 13.6. The summed E-state index contributed by atoms with van der Waals surface area (Å²) in [6.45, 7) is 43.0. The summed E-state index contributed by atoms with van der Waals surface area (Å²) in [6.07, 6.45) is 14.5. The minimum absolute atomic E-state index is 0.166. The summed E-state index contributed by atoms with van der Waals surface area (Å²) in [5.74, 6) is 0. The van der Waals surface area contributed by atoms with Gasteiger partial charge in [-0.3, -0.25) is 0 Å². The van der Waals surface area contributed by atoms with Crippen LogP contribution in [0.15, 0.2) is 114 Å². The summed E-state index contributed by atoms with van der Waals surface area (Å²) in [5, 5.41) is 44.5. The van der Waals surface area contributed by atoms with E-state index in [1.807, 2.05) is 44.2 Å². The minimum Gasteiger partial charge on any atom is -0.192 e. The molecule has 4 aromatic rings. The van der Waals surface area contributed by atoms with Crippen LogP contribution in [0.1, 0.15) is 204 Å². The molecule has 1 aliphatic carbocycles. The molecule has 4 nitrogen and oxygen atoms in total. The Bertz CT molecular complexity index is 3290. The molecule has 0 amide bonds. The van der Waals surface area contributed by atoms with Crippen LogP contribution in [0.5, 0.6) is 0 Å². The van der Waals surface area contributed by atoms with Crippen molar-refractivity contribution in [3.8, 4) is 24.3 Å². The van der Waals surface area contributed by atoms with E-state index in [-0.39, 0.29) is 27.1 Å². The van der Waals surface area contributed by atoms with Crippen LogP contribution in [0.4, 0.5) is 0 Å². The molecule has 4 heteroatoms. The maximum absolute atomic E-state index is 11.2. The van der Waals surface area contributed by atoms with Crippen molar-refractivity contribution in [3.63, 3.8) is 0 Å². The molecule has 0 N–H and O–H groups in total. The van der Waals surface area contributed by atoms with Gasteiger partial charge in [0.2, 0.25) is 0 Å². The number of hydrogen-bond acceptors (Lipinski definition) is 4. The van der Waals surface area contributed by atoms with Crippen LogP contribution in [-0.2, 0) is 21.7 Å². The molecule has 0 radical (unpaired) electrons. The standard InChI is InChI=1S/C69H78N4/c1-21-58(65(6,7)8)27-47-23-43(2)22-44(3)49-29-54(37-60(32-49)67(12,13)14)64(42-73)46(5)50-30-53(36-61(33-50)68(15,16)17)55(39-70)25-48-24-52(35-59(28-48)66(9,10)11)56(40-71)31-51-34-62(69(18,19)20)38-63(45(51)4)57(26-47)41-72/h21-38H,1-20H3/b43-23+,44-22-,47-27+,55-25+,56-31+,57-26+,58-21+,64-46+. The minimum atomic E-state index is -0.292. The lowest BCUT2D eigenvalue weighted by molar-refractivity contribution is 0.516. The Hall–Kier alpha value is -7.24. The van der Waals surface area contributed by atoms with Crippen molar-refractivity contribution < 1.29 is 0 Å². The first kappa shape index (κ1) is 56.7. The van der Waals surface area contributed by atoms with Crippen LogP contribution in [0.25, 0.3) is 45.6 Å². The fourth-order valence-electron chi connectivity index (χ4n) is 9.08. The third-order valence-corrected chi connectivity index (χ3v) is 13.9. The Morgan fingerprint density at radius 3 is 1.41 bits per heavy atom. The van der Waals surface area contributed by atoms with Crippen molar-refractivity contribution in [2.75, 3.05) is 0 Å². The molecule has 0 saturated carbocycles. The largest absolute Gasteiger partial charge is 0.192 e. The van der Waals surface area contributed by atoms with Gasteiger partial charge in [0.25, 0.3) is 0 Å². The molecule has 1 aliphatic rings. The molecule has 0 spiro atoms. The van der Waals surface area contributed by atoms with E-state index >= 15 is 0 Å². The lowest BCUT2D eigenvalue weighted by Gasteiger charge is -2.23. The van der Waals surface area contributed by atoms with E-state index in [1.54, 1.807) is 0 Å². The highest BCUT2D eigenvalue weighted by molar-refractivity contribution is 5.99. The fraction of sp³-hybridized carbons (Fsp3) is 0.362. The lowest BCUT2D eigenvalue weighted by Crippen LogP contribution is -2.13. The second kappa shape index (κ2) is 21.5. The van der Waals surface area contributed by atoms with Gasteiger partial charge in [0.05, 0.1) is 40.5 Å². The summed E-state index contributed by atoms with van der Waals surface area (Å²) in [4.78, 5) is 0. The summed E-state index contributed by atoms with van der Waals surface area (Å²) in [7, 11) is 0. The van der Waals surface area contributed by atoms with Crippen LogP contribution < -0.4 is 0 Å². The maximum atomic E-state index is 11.2. The second-order valence-electron chi connectivity index (χ2n) is 25.2. The van der Waals surface area contributed by atoms with Gasteiger partial charge in [0.15, 0.2) is 0 Å². The highest BCUT2D eigenvalue weighted by Gasteiger charge is 2.24. The molecule has 374 valence electrons. The summed E-state index contributed by atoms with van der Waals surface area (Å²) >= 11 is 0. The molecule has 0 fully saturated rings. The molecule has 73 heavy (non-hydrogen) atoms. The zero-order valence-electron chi connectivity index (χ0n) is 47.7. The topological polar surface area (TPSA) is 95.2 Å². The quantitative estimate of drug-likeness (QED) is 0.190. The molecule has 0 unspecified atom stereocenters. The molecule has 4 aromatic carbocycles. The first-order valence-corrected chi connectivity index (χ1v) is 25.6. The van der Waals surface area contributed by atoms with E-state index in [0.29, 0.717) is 22.3 Å². The maximum Gasteiger partial charge on any atom is 0.100 e. The number of nitriles is 4. The first-order chi connectivity index (χ1) is 33.7. The van der Waals surface area contributed by atoms with Crippen LogP contribution >= 0.6 is 0 Å². The van der Waals surface area contributed by atoms with Gasteiger partial charge in [-0.05, 0) is 217 Å². The van der Waals surface area contributed by atoms with E-state index in [9.17, 15) is 21.0 Å². The van der Waals surface area contributed by atoms with Crippen molar-refractivity contribution in [2.45, 2.75) is 160 Å². The van der Waals surface area contributed by atoms with E-state index in [0.717, 1.165) is 100 Å². The molecule has 0 aromatic heterocycles. The number of nitrogens with zero attached hydrogens (tertiary/aromatic N) is 4. The van der Waals surface area contributed by atoms with Crippen molar-refractivity contribution >= 4 is 45.6 Å². The normalized spacial score (nSPS) is 19.8. The third-order valence-electron chi connectivity index (χ3n) is 13.9. The van der Waals surface area contributed by atoms with Gasteiger partial charge >= 0.3 is 0 Å². The van der Waals surface area contributed by atoms with Gasteiger partial charge < -0.3 is 0 Å². The van der Waals surface area contributed by atoms with E-state index in [4.69, 9.17) is 0 Å². The molecule has 0 heterocycles. The van der Waals surface area contributed by atoms with Gasteiger partial charge in [0.1, 0.15) is 6.07 Å². The first-order valence-electron chi connectivity index (χ1n) is 25.6. The Balaban J connectivity index is 2.07. The van der Waals surface area contributed by atoms with E-state index in [1.165, 1.54) is 0 Å². The Labute approximate surface area is 440 Å². The number of allylic oxidation sites excluding steroid dienone is 14. The Morgan fingerprint density at radius 2 is 0.904 bits per heavy atom. The molecule has 5 rings (SSSR count). The zero-order chi connectivity index (χ0) is 54.8. The summed E-state index contributed by atoms with van der Waals surface area (Å²) < 4.78 is 0. The van der Waals surface area contributed by atoms with Gasteiger partial charge in [-0.15, -0.1) is 0 Å². The average molecular weight is 963 g/mol. The molecular formula is C69H78N4. The fourth-order valence-corrected chi connectivity index (χ4v) is 9.08. The van der Waals surface area contributed by atoms with Gasteiger partial charge in [-0.25, -0.2) is 0 Å². The Morgan fingerprint density at radius 1 is 0.438 bits per heavy atom. The summed E-state index contributed by atoms with van der Waals surface area (Å²) in [5.41, 5.74) is 17.3. The van der Waals surface area contributed by atoms with Crippen molar-refractivity contribution in [2.24, 2.45) is 5.41 Å². The van der Waals surface area contributed by atoms with Crippen molar-refractivity contribution in [3.05, 3.63) is 186 Å². The van der Waals surface area contributed by atoms with Crippen molar-refractivity contribution in [1.29, 1.82) is 21.0 Å². The summed E-state index contributed by atoms with van der Waals surface area (Å²) in [6, 6.07) is 33.6. The SMILES string of the molecule is C\C=C(/C=C1/C=C(\C#N)c2cc(C(C)(C)C)cc(c2C)/C=C(\C#N)c2cc(cc(C(C)(C)C)c2)/C=C(\C#N)c2cc(cc(C(C)(C)C)c2)/C(C)=C(\C#N)c2cc(cc(C(C)(C)C)c2)\C(C)=C/C(C)=C/1)C(C)(C)C. The van der Waals surface area contributed by atoms with E-state index < -0.39 is 0 Å². The molecule has 8 bridgehead atoms. The highest BCUT2D eigenvalue weighted by Crippen LogP contribution is 2.39. The van der Waals surface area contributed by atoms with E-state index in [2.05, 4.69) is 228 Å². The molecule has 0 saturated heterocycles. The average Bonchev–Trinajstić information content (AvgIpc) is 3.29. The Kier molecular flexibility index (Phi) is 16.7.